The lowest BCUT2D eigenvalue weighted by atomic mass is 9.72. The number of carbonyl (C=O) groups is 1. The number of carbonyl (C=O) groups excluding carboxylic acids is 1. The first kappa shape index (κ1) is 11.7. The molecule has 3 aliphatic rings. The zero-order valence-corrected chi connectivity index (χ0v) is 10.5. The quantitative estimate of drug-likeness (QED) is 0.703. The van der Waals surface area contributed by atoms with E-state index in [0.717, 1.165) is 58.3 Å². The van der Waals surface area contributed by atoms with Crippen molar-refractivity contribution < 1.29 is 14.3 Å². The molecule has 0 radical (unpaired) electrons. The van der Waals surface area contributed by atoms with Gasteiger partial charge in [-0.25, -0.2) is 0 Å². The molecule has 3 fully saturated rings. The van der Waals surface area contributed by atoms with Crippen molar-refractivity contribution in [3.63, 3.8) is 0 Å². The molecule has 96 valence electrons. The molecule has 1 spiro atoms. The van der Waals surface area contributed by atoms with Crippen molar-refractivity contribution in [2.45, 2.75) is 50.5 Å². The second-order valence-electron chi connectivity index (χ2n) is 5.98. The first-order valence-electron chi connectivity index (χ1n) is 7.01. The Hall–Kier alpha value is -0.410. The molecule has 0 bridgehead atoms. The van der Waals surface area contributed by atoms with Crippen LogP contribution in [0.15, 0.2) is 0 Å². The SMILES string of the molecule is O=C1CCCC(C2CCOC3(CCOC3)C2)C1. The van der Waals surface area contributed by atoms with E-state index < -0.39 is 0 Å². The Kier molecular flexibility index (Phi) is 3.22. The summed E-state index contributed by atoms with van der Waals surface area (Å²) in [5, 5.41) is 0. The van der Waals surface area contributed by atoms with Crippen LogP contribution in [-0.4, -0.2) is 31.2 Å². The van der Waals surface area contributed by atoms with Crippen molar-refractivity contribution in [3.05, 3.63) is 0 Å². The number of rotatable bonds is 1. The standard InChI is InChI=1S/C14H22O3/c15-13-3-1-2-11(8-13)12-4-6-17-14(9-12)5-7-16-10-14/h11-12H,1-10H2. The smallest absolute Gasteiger partial charge is 0.133 e. The Balaban J connectivity index is 1.64. The largest absolute Gasteiger partial charge is 0.378 e. The lowest BCUT2D eigenvalue weighted by Gasteiger charge is -2.41. The summed E-state index contributed by atoms with van der Waals surface area (Å²) in [5.41, 5.74) is 0.00338. The van der Waals surface area contributed by atoms with Gasteiger partial charge < -0.3 is 9.47 Å². The highest BCUT2D eigenvalue weighted by molar-refractivity contribution is 5.79. The van der Waals surface area contributed by atoms with E-state index in [1.807, 2.05) is 0 Å². The Bertz CT molecular complexity index is 294. The van der Waals surface area contributed by atoms with E-state index in [0.29, 0.717) is 17.6 Å². The first-order chi connectivity index (χ1) is 8.27. The maximum absolute atomic E-state index is 11.6. The molecule has 0 N–H and O–H groups in total. The fourth-order valence-electron chi connectivity index (χ4n) is 3.79. The molecule has 3 nitrogen and oxygen atoms in total. The normalized spacial score (nSPS) is 43.2. The molecule has 0 aromatic rings. The van der Waals surface area contributed by atoms with Gasteiger partial charge in [0.25, 0.3) is 0 Å². The Labute approximate surface area is 103 Å². The monoisotopic (exact) mass is 238 g/mol. The van der Waals surface area contributed by atoms with Crippen LogP contribution in [0.4, 0.5) is 0 Å². The molecule has 0 aromatic heterocycles. The average molecular weight is 238 g/mol. The van der Waals surface area contributed by atoms with Gasteiger partial charge in [0.15, 0.2) is 0 Å². The van der Waals surface area contributed by atoms with Crippen LogP contribution >= 0.6 is 0 Å². The summed E-state index contributed by atoms with van der Waals surface area (Å²) in [4.78, 5) is 11.6. The predicted molar refractivity (Wildman–Crippen MR) is 63.8 cm³/mol. The van der Waals surface area contributed by atoms with Gasteiger partial charge in [-0.05, 0) is 37.5 Å². The second kappa shape index (κ2) is 4.69. The summed E-state index contributed by atoms with van der Waals surface area (Å²) < 4.78 is 11.5. The van der Waals surface area contributed by atoms with E-state index in [9.17, 15) is 4.79 Å². The van der Waals surface area contributed by atoms with E-state index in [-0.39, 0.29) is 5.60 Å². The molecule has 3 rings (SSSR count). The minimum absolute atomic E-state index is 0.00338. The Morgan fingerprint density at radius 3 is 2.88 bits per heavy atom. The van der Waals surface area contributed by atoms with Crippen LogP contribution in [0.2, 0.25) is 0 Å². The first-order valence-corrected chi connectivity index (χ1v) is 7.01. The van der Waals surface area contributed by atoms with Crippen LogP contribution in [0.3, 0.4) is 0 Å². The van der Waals surface area contributed by atoms with Crippen LogP contribution < -0.4 is 0 Å². The molecular weight excluding hydrogens is 216 g/mol. The number of hydrogen-bond donors (Lipinski definition) is 0. The lowest BCUT2D eigenvalue weighted by molar-refractivity contribution is -0.127. The third-order valence-corrected chi connectivity index (χ3v) is 4.79. The van der Waals surface area contributed by atoms with E-state index in [1.165, 1.54) is 6.42 Å². The van der Waals surface area contributed by atoms with Crippen molar-refractivity contribution in [1.29, 1.82) is 0 Å². The van der Waals surface area contributed by atoms with Gasteiger partial charge in [0, 0.05) is 32.5 Å². The second-order valence-corrected chi connectivity index (χ2v) is 5.98. The van der Waals surface area contributed by atoms with Gasteiger partial charge in [-0.1, -0.05) is 0 Å². The topological polar surface area (TPSA) is 35.5 Å². The summed E-state index contributed by atoms with van der Waals surface area (Å²) in [6.07, 6.45) is 7.28. The van der Waals surface area contributed by atoms with E-state index in [2.05, 4.69) is 0 Å². The molecule has 2 heterocycles. The van der Waals surface area contributed by atoms with Gasteiger partial charge in [-0.3, -0.25) is 4.79 Å². The van der Waals surface area contributed by atoms with Gasteiger partial charge >= 0.3 is 0 Å². The van der Waals surface area contributed by atoms with Crippen LogP contribution in [-0.2, 0) is 14.3 Å². The summed E-state index contributed by atoms with van der Waals surface area (Å²) in [6, 6.07) is 0. The Morgan fingerprint density at radius 2 is 2.12 bits per heavy atom. The minimum Gasteiger partial charge on any atom is -0.378 e. The highest BCUT2D eigenvalue weighted by Crippen LogP contribution is 2.42. The van der Waals surface area contributed by atoms with E-state index in [4.69, 9.17) is 9.47 Å². The van der Waals surface area contributed by atoms with Crippen LogP contribution in [0.1, 0.15) is 44.9 Å². The predicted octanol–water partition coefficient (Wildman–Crippen LogP) is 2.33. The zero-order chi connectivity index (χ0) is 11.7. The van der Waals surface area contributed by atoms with Crippen LogP contribution in [0.25, 0.3) is 0 Å². The summed E-state index contributed by atoms with van der Waals surface area (Å²) in [5.74, 6) is 1.79. The molecule has 2 saturated heterocycles. The van der Waals surface area contributed by atoms with Crippen molar-refractivity contribution in [2.24, 2.45) is 11.8 Å². The average Bonchev–Trinajstić information content (AvgIpc) is 2.77. The Morgan fingerprint density at radius 1 is 1.18 bits per heavy atom. The molecule has 3 unspecified atom stereocenters. The van der Waals surface area contributed by atoms with E-state index in [1.54, 1.807) is 0 Å². The van der Waals surface area contributed by atoms with Crippen LogP contribution in [0, 0.1) is 11.8 Å². The molecule has 1 saturated carbocycles. The summed E-state index contributed by atoms with van der Waals surface area (Å²) >= 11 is 0. The van der Waals surface area contributed by atoms with Crippen molar-refractivity contribution in [3.8, 4) is 0 Å². The number of ether oxygens (including phenoxy) is 2. The summed E-state index contributed by atoms with van der Waals surface area (Å²) in [6.45, 7) is 2.47. The third kappa shape index (κ3) is 2.41. The molecule has 0 amide bonds. The van der Waals surface area contributed by atoms with Gasteiger partial charge in [-0.15, -0.1) is 0 Å². The maximum Gasteiger partial charge on any atom is 0.133 e. The lowest BCUT2D eigenvalue weighted by Crippen LogP contribution is -2.43. The van der Waals surface area contributed by atoms with Crippen molar-refractivity contribution in [2.75, 3.05) is 19.8 Å². The number of ketones is 1. The van der Waals surface area contributed by atoms with Gasteiger partial charge in [0.1, 0.15) is 5.78 Å². The molecule has 17 heavy (non-hydrogen) atoms. The number of hydrogen-bond acceptors (Lipinski definition) is 3. The summed E-state index contributed by atoms with van der Waals surface area (Å²) in [7, 11) is 0. The molecule has 2 aliphatic heterocycles. The highest BCUT2D eigenvalue weighted by Gasteiger charge is 2.43. The van der Waals surface area contributed by atoms with Crippen molar-refractivity contribution >= 4 is 5.78 Å². The molecule has 1 aliphatic carbocycles. The molecule has 0 aromatic carbocycles. The molecule has 3 atom stereocenters. The third-order valence-electron chi connectivity index (χ3n) is 4.79. The maximum atomic E-state index is 11.6. The van der Waals surface area contributed by atoms with E-state index >= 15 is 0 Å². The zero-order valence-electron chi connectivity index (χ0n) is 10.5. The van der Waals surface area contributed by atoms with Crippen molar-refractivity contribution in [1.82, 2.24) is 0 Å². The van der Waals surface area contributed by atoms with Gasteiger partial charge in [0.05, 0.1) is 12.2 Å². The molecule has 3 heteroatoms. The fourth-order valence-corrected chi connectivity index (χ4v) is 3.79. The fraction of sp³-hybridized carbons (Fsp3) is 0.929. The number of Topliss-reactive ketones (excluding diaryl/α,β-unsaturated/α-hetero) is 1. The van der Waals surface area contributed by atoms with Gasteiger partial charge in [0.2, 0.25) is 0 Å². The highest BCUT2D eigenvalue weighted by atomic mass is 16.6. The minimum atomic E-state index is 0.00338. The van der Waals surface area contributed by atoms with Gasteiger partial charge in [-0.2, -0.15) is 0 Å². The molecular formula is C14H22O3. The van der Waals surface area contributed by atoms with Crippen LogP contribution in [0.5, 0.6) is 0 Å².